The van der Waals surface area contributed by atoms with Crippen molar-refractivity contribution in [2.45, 2.75) is 27.2 Å². The summed E-state index contributed by atoms with van der Waals surface area (Å²) in [4.78, 5) is 13.7. The maximum Gasteiger partial charge on any atom is 0.129 e. The lowest BCUT2D eigenvalue weighted by Crippen LogP contribution is -2.11. The summed E-state index contributed by atoms with van der Waals surface area (Å²) >= 11 is 0. The molecule has 4 heteroatoms. The monoisotopic (exact) mass is 254 g/mol. The molecule has 0 unspecified atom stereocenters. The van der Waals surface area contributed by atoms with E-state index in [9.17, 15) is 0 Å². The normalized spacial score (nSPS) is 12.4. The quantitative estimate of drug-likeness (QED) is 0.670. The van der Waals surface area contributed by atoms with Crippen LogP contribution < -0.4 is 0 Å². The first-order valence-corrected chi connectivity index (χ1v) is 6.51. The molecule has 0 saturated carbocycles. The molecule has 0 aliphatic heterocycles. The number of aryl methyl sites for hydroxylation is 1. The SMILES string of the molecule is Cn1c2cccnc2c2nc(CC(C)(C)C)ncc21. The fourth-order valence-electron chi connectivity index (χ4n) is 2.37. The highest BCUT2D eigenvalue weighted by atomic mass is 15.0. The Morgan fingerprint density at radius 2 is 1.89 bits per heavy atom. The number of fused-ring (bicyclic) bond motifs is 3. The molecule has 0 bridgehead atoms. The maximum absolute atomic E-state index is 4.72. The minimum absolute atomic E-state index is 0.186. The highest BCUT2D eigenvalue weighted by Gasteiger charge is 2.16. The molecule has 3 rings (SSSR count). The number of rotatable bonds is 1. The van der Waals surface area contributed by atoms with Crippen LogP contribution >= 0.6 is 0 Å². The molecule has 98 valence electrons. The van der Waals surface area contributed by atoms with Gasteiger partial charge >= 0.3 is 0 Å². The second-order valence-corrected chi connectivity index (χ2v) is 6.19. The summed E-state index contributed by atoms with van der Waals surface area (Å²) in [7, 11) is 2.03. The molecule has 0 aliphatic rings. The van der Waals surface area contributed by atoms with Crippen molar-refractivity contribution in [2.75, 3.05) is 0 Å². The Morgan fingerprint density at radius 3 is 2.63 bits per heavy atom. The number of aromatic nitrogens is 4. The largest absolute Gasteiger partial charge is 0.340 e. The summed E-state index contributed by atoms with van der Waals surface area (Å²) in [5.41, 5.74) is 4.22. The van der Waals surface area contributed by atoms with Crippen molar-refractivity contribution in [3.05, 3.63) is 30.4 Å². The minimum Gasteiger partial charge on any atom is -0.340 e. The standard InChI is InChI=1S/C15H18N4/c1-15(2,3)8-12-17-9-11-14(18-12)13-10(19(11)4)6-5-7-16-13/h5-7,9H,8H2,1-4H3. The van der Waals surface area contributed by atoms with E-state index in [0.717, 1.165) is 34.3 Å². The zero-order valence-electron chi connectivity index (χ0n) is 11.8. The van der Waals surface area contributed by atoms with Crippen LogP contribution in [0.5, 0.6) is 0 Å². The molecule has 4 nitrogen and oxygen atoms in total. The third kappa shape index (κ3) is 2.07. The smallest absolute Gasteiger partial charge is 0.129 e. The minimum atomic E-state index is 0.186. The van der Waals surface area contributed by atoms with Crippen molar-refractivity contribution < 1.29 is 0 Å². The second kappa shape index (κ2) is 4.02. The molecular formula is C15H18N4. The van der Waals surface area contributed by atoms with Crippen LogP contribution in [0.1, 0.15) is 26.6 Å². The van der Waals surface area contributed by atoms with E-state index in [0.29, 0.717) is 0 Å². The first-order chi connectivity index (χ1) is 8.96. The third-order valence-corrected chi connectivity index (χ3v) is 3.24. The summed E-state index contributed by atoms with van der Waals surface area (Å²) in [5, 5.41) is 0. The lowest BCUT2D eigenvalue weighted by atomic mass is 9.92. The molecule has 0 saturated heterocycles. The van der Waals surface area contributed by atoms with Gasteiger partial charge in [0.05, 0.1) is 17.2 Å². The van der Waals surface area contributed by atoms with Crippen molar-refractivity contribution >= 4 is 22.1 Å². The molecule has 0 spiro atoms. The Balaban J connectivity index is 2.25. The number of hydrogen-bond donors (Lipinski definition) is 0. The van der Waals surface area contributed by atoms with Gasteiger partial charge in [-0.25, -0.2) is 9.97 Å². The van der Waals surface area contributed by atoms with E-state index in [2.05, 4.69) is 41.4 Å². The van der Waals surface area contributed by atoms with E-state index in [4.69, 9.17) is 4.98 Å². The molecule has 19 heavy (non-hydrogen) atoms. The van der Waals surface area contributed by atoms with E-state index in [1.54, 1.807) is 0 Å². The summed E-state index contributed by atoms with van der Waals surface area (Å²) in [6.07, 6.45) is 4.59. The summed E-state index contributed by atoms with van der Waals surface area (Å²) in [6, 6.07) is 4.01. The van der Waals surface area contributed by atoms with Gasteiger partial charge in [0, 0.05) is 19.7 Å². The Hall–Kier alpha value is -1.97. The van der Waals surface area contributed by atoms with Crippen LogP contribution in [0.3, 0.4) is 0 Å². The van der Waals surface area contributed by atoms with Crippen molar-refractivity contribution in [3.8, 4) is 0 Å². The van der Waals surface area contributed by atoms with Crippen molar-refractivity contribution in [1.29, 1.82) is 0 Å². The lowest BCUT2D eigenvalue weighted by molar-refractivity contribution is 0.401. The molecule has 0 aliphatic carbocycles. The summed E-state index contributed by atoms with van der Waals surface area (Å²) in [6.45, 7) is 6.59. The van der Waals surface area contributed by atoms with Crippen LogP contribution in [0.25, 0.3) is 22.1 Å². The highest BCUT2D eigenvalue weighted by Crippen LogP contribution is 2.25. The molecule has 0 aromatic carbocycles. The van der Waals surface area contributed by atoms with Gasteiger partial charge in [-0.1, -0.05) is 20.8 Å². The maximum atomic E-state index is 4.72. The topological polar surface area (TPSA) is 43.6 Å². The average molecular weight is 254 g/mol. The highest BCUT2D eigenvalue weighted by molar-refractivity contribution is 6.02. The predicted octanol–water partition coefficient (Wildman–Crippen LogP) is 3.11. The van der Waals surface area contributed by atoms with Crippen LogP contribution in [-0.4, -0.2) is 19.5 Å². The molecule has 0 amide bonds. The lowest BCUT2D eigenvalue weighted by Gasteiger charge is -2.16. The molecular weight excluding hydrogens is 236 g/mol. The molecule has 0 radical (unpaired) electrons. The van der Waals surface area contributed by atoms with Gasteiger partial charge in [-0.2, -0.15) is 0 Å². The van der Waals surface area contributed by atoms with Crippen molar-refractivity contribution in [1.82, 2.24) is 19.5 Å². The van der Waals surface area contributed by atoms with Gasteiger partial charge < -0.3 is 4.57 Å². The summed E-state index contributed by atoms with van der Waals surface area (Å²) < 4.78 is 2.10. The molecule has 3 aromatic rings. The van der Waals surface area contributed by atoms with E-state index in [1.165, 1.54) is 0 Å². The Bertz CT molecular complexity index is 750. The molecule has 0 fully saturated rings. The van der Waals surface area contributed by atoms with E-state index in [1.807, 2.05) is 25.5 Å². The van der Waals surface area contributed by atoms with Crippen LogP contribution in [0, 0.1) is 5.41 Å². The number of pyridine rings is 1. The molecule has 0 atom stereocenters. The van der Waals surface area contributed by atoms with Crippen LogP contribution in [0.4, 0.5) is 0 Å². The predicted molar refractivity (Wildman–Crippen MR) is 77.0 cm³/mol. The van der Waals surface area contributed by atoms with Crippen molar-refractivity contribution in [3.63, 3.8) is 0 Å². The zero-order valence-corrected chi connectivity index (χ0v) is 11.8. The number of nitrogens with zero attached hydrogens (tertiary/aromatic N) is 4. The van der Waals surface area contributed by atoms with Gasteiger partial charge in [-0.15, -0.1) is 0 Å². The van der Waals surface area contributed by atoms with Gasteiger partial charge in [0.1, 0.15) is 16.9 Å². The fraction of sp³-hybridized carbons (Fsp3) is 0.400. The first kappa shape index (κ1) is 12.1. The van der Waals surface area contributed by atoms with Crippen LogP contribution in [0.15, 0.2) is 24.5 Å². The second-order valence-electron chi connectivity index (χ2n) is 6.19. The molecule has 0 N–H and O–H groups in total. The third-order valence-electron chi connectivity index (χ3n) is 3.24. The Labute approximate surface area is 112 Å². The average Bonchev–Trinajstić information content (AvgIpc) is 2.62. The Morgan fingerprint density at radius 1 is 1.11 bits per heavy atom. The van der Waals surface area contributed by atoms with Crippen LogP contribution in [-0.2, 0) is 13.5 Å². The van der Waals surface area contributed by atoms with Crippen LogP contribution in [0.2, 0.25) is 0 Å². The molecule has 3 heterocycles. The Kier molecular flexibility index (Phi) is 2.55. The van der Waals surface area contributed by atoms with Gasteiger partial charge in [0.2, 0.25) is 0 Å². The zero-order chi connectivity index (χ0) is 13.6. The fourth-order valence-corrected chi connectivity index (χ4v) is 2.37. The van der Waals surface area contributed by atoms with Gasteiger partial charge in [-0.3, -0.25) is 4.98 Å². The van der Waals surface area contributed by atoms with E-state index in [-0.39, 0.29) is 5.41 Å². The number of hydrogen-bond acceptors (Lipinski definition) is 3. The van der Waals surface area contributed by atoms with Gasteiger partial charge in [-0.05, 0) is 17.5 Å². The van der Waals surface area contributed by atoms with E-state index >= 15 is 0 Å². The first-order valence-electron chi connectivity index (χ1n) is 6.51. The van der Waals surface area contributed by atoms with Crippen molar-refractivity contribution in [2.24, 2.45) is 12.5 Å². The summed E-state index contributed by atoms with van der Waals surface area (Å²) in [5.74, 6) is 0.887. The van der Waals surface area contributed by atoms with Gasteiger partial charge in [0.25, 0.3) is 0 Å². The molecule has 3 aromatic heterocycles. The van der Waals surface area contributed by atoms with E-state index < -0.39 is 0 Å². The van der Waals surface area contributed by atoms with Gasteiger partial charge in [0.15, 0.2) is 0 Å².